The Balaban J connectivity index is 2.11. The topological polar surface area (TPSA) is 21.3 Å². The lowest BCUT2D eigenvalue weighted by Crippen LogP contribution is -2.01. The van der Waals surface area contributed by atoms with Gasteiger partial charge in [-0.1, -0.05) is 18.2 Å². The van der Waals surface area contributed by atoms with Crippen LogP contribution in [0.15, 0.2) is 41.6 Å². The number of anilines is 1. The predicted octanol–water partition coefficient (Wildman–Crippen LogP) is 2.22. The molecule has 1 N–H and O–H groups in total. The summed E-state index contributed by atoms with van der Waals surface area (Å²) in [6.45, 7) is 5.20. The number of para-hydroxylation sites is 1. The van der Waals surface area contributed by atoms with E-state index in [-0.39, 0.29) is 0 Å². The van der Waals surface area contributed by atoms with Crippen LogP contribution in [0.4, 0.5) is 5.69 Å². The van der Waals surface area contributed by atoms with Crippen LogP contribution in [0.3, 0.4) is 0 Å². The Bertz CT molecular complexity index is 316. The third kappa shape index (κ3) is 1.90. The zero-order valence-electron chi connectivity index (χ0n) is 7.42. The highest BCUT2D eigenvalue weighted by Crippen LogP contribution is 2.16. The normalized spacial score (nSPS) is 16.4. The van der Waals surface area contributed by atoms with E-state index in [9.17, 15) is 0 Å². The monoisotopic (exact) mass is 174 g/mol. The van der Waals surface area contributed by atoms with Gasteiger partial charge in [0, 0.05) is 11.4 Å². The molecule has 0 unspecified atom stereocenters. The minimum Gasteiger partial charge on any atom is -0.371 e. The number of hydrogen-bond donors (Lipinski definition) is 1. The van der Waals surface area contributed by atoms with Crippen LogP contribution in [0.5, 0.6) is 0 Å². The van der Waals surface area contributed by atoms with E-state index in [1.807, 2.05) is 30.3 Å². The molecular formula is C11H12NO. The van der Waals surface area contributed by atoms with Gasteiger partial charge < -0.3 is 10.1 Å². The summed E-state index contributed by atoms with van der Waals surface area (Å²) >= 11 is 0. The van der Waals surface area contributed by atoms with Gasteiger partial charge in [-0.25, -0.2) is 0 Å². The first-order valence-corrected chi connectivity index (χ1v) is 4.30. The van der Waals surface area contributed by atoms with Crippen molar-refractivity contribution in [3.05, 3.63) is 48.5 Å². The second-order valence-corrected chi connectivity index (χ2v) is 3.07. The smallest absolute Gasteiger partial charge is 0.0870 e. The minimum absolute atomic E-state index is 0.647. The lowest BCUT2D eigenvalue weighted by Gasteiger charge is -2.06. The second kappa shape index (κ2) is 3.62. The number of ether oxygens (including phenoxy) is 1. The van der Waals surface area contributed by atoms with Crippen LogP contribution in [0, 0.1) is 6.92 Å². The molecule has 1 radical (unpaired) electrons. The summed E-state index contributed by atoms with van der Waals surface area (Å²) in [6, 6.07) is 10.1. The summed E-state index contributed by atoms with van der Waals surface area (Å²) in [5, 5.41) is 3.28. The third-order valence-electron chi connectivity index (χ3n) is 2.02. The average molecular weight is 174 g/mol. The van der Waals surface area contributed by atoms with E-state index in [0.717, 1.165) is 17.0 Å². The van der Waals surface area contributed by atoms with Crippen LogP contribution in [-0.4, -0.2) is 13.2 Å². The molecule has 1 aromatic rings. The summed E-state index contributed by atoms with van der Waals surface area (Å²) in [5.41, 5.74) is 3.22. The Labute approximate surface area is 78.2 Å². The molecule has 1 aromatic carbocycles. The maximum absolute atomic E-state index is 5.24. The van der Waals surface area contributed by atoms with Crippen molar-refractivity contribution < 1.29 is 4.74 Å². The molecule has 0 spiro atoms. The zero-order chi connectivity index (χ0) is 9.10. The van der Waals surface area contributed by atoms with Gasteiger partial charge in [0.15, 0.2) is 0 Å². The van der Waals surface area contributed by atoms with Crippen molar-refractivity contribution in [2.75, 3.05) is 18.5 Å². The third-order valence-corrected chi connectivity index (χ3v) is 2.02. The van der Waals surface area contributed by atoms with Crippen molar-refractivity contribution in [2.24, 2.45) is 0 Å². The molecule has 67 valence electrons. The number of rotatable bonds is 2. The minimum atomic E-state index is 0.647. The van der Waals surface area contributed by atoms with Crippen molar-refractivity contribution in [2.45, 2.75) is 0 Å². The van der Waals surface area contributed by atoms with E-state index < -0.39 is 0 Å². The van der Waals surface area contributed by atoms with Gasteiger partial charge in [-0.05, 0) is 24.6 Å². The zero-order valence-corrected chi connectivity index (χ0v) is 7.42. The summed E-state index contributed by atoms with van der Waals surface area (Å²) in [7, 11) is 0. The Morgan fingerprint density at radius 1 is 1.15 bits per heavy atom. The lowest BCUT2D eigenvalue weighted by atomic mass is 10.2. The molecule has 1 aliphatic heterocycles. The molecule has 13 heavy (non-hydrogen) atoms. The van der Waals surface area contributed by atoms with Gasteiger partial charge in [0.1, 0.15) is 0 Å². The van der Waals surface area contributed by atoms with Crippen LogP contribution in [0.1, 0.15) is 0 Å². The number of benzene rings is 1. The van der Waals surface area contributed by atoms with Gasteiger partial charge in [-0.2, -0.15) is 0 Å². The maximum atomic E-state index is 5.24. The first-order chi connectivity index (χ1) is 6.36. The van der Waals surface area contributed by atoms with Crippen LogP contribution in [0.25, 0.3) is 0 Å². The quantitative estimate of drug-likeness (QED) is 0.742. The van der Waals surface area contributed by atoms with Crippen molar-refractivity contribution in [1.82, 2.24) is 0 Å². The van der Waals surface area contributed by atoms with Crippen LogP contribution < -0.4 is 5.32 Å². The van der Waals surface area contributed by atoms with Crippen LogP contribution in [0.2, 0.25) is 0 Å². The maximum Gasteiger partial charge on any atom is 0.0870 e. The average Bonchev–Trinajstić information content (AvgIpc) is 2.54. The highest BCUT2D eigenvalue weighted by atomic mass is 16.5. The number of hydrogen-bond acceptors (Lipinski definition) is 2. The summed E-state index contributed by atoms with van der Waals surface area (Å²) in [6.07, 6.45) is 0. The summed E-state index contributed by atoms with van der Waals surface area (Å²) < 4.78 is 5.24. The lowest BCUT2D eigenvalue weighted by molar-refractivity contribution is 0.206. The van der Waals surface area contributed by atoms with Gasteiger partial charge in [0.05, 0.1) is 13.2 Å². The highest BCUT2D eigenvalue weighted by molar-refractivity contribution is 5.50. The van der Waals surface area contributed by atoms with Gasteiger partial charge in [0.25, 0.3) is 0 Å². The molecule has 0 saturated carbocycles. The summed E-state index contributed by atoms with van der Waals surface area (Å²) in [4.78, 5) is 0. The van der Waals surface area contributed by atoms with Gasteiger partial charge in [0.2, 0.25) is 0 Å². The molecule has 2 heteroatoms. The highest BCUT2D eigenvalue weighted by Gasteiger charge is 2.10. The van der Waals surface area contributed by atoms with Crippen LogP contribution >= 0.6 is 0 Å². The Kier molecular flexibility index (Phi) is 2.32. The number of nitrogens with one attached hydrogen (secondary N) is 1. The molecule has 0 aliphatic carbocycles. The van der Waals surface area contributed by atoms with E-state index in [1.165, 1.54) is 0 Å². The fourth-order valence-electron chi connectivity index (χ4n) is 1.29. The van der Waals surface area contributed by atoms with E-state index in [4.69, 9.17) is 4.74 Å². The molecule has 0 atom stereocenters. The predicted molar refractivity (Wildman–Crippen MR) is 53.3 cm³/mol. The molecule has 1 heterocycles. The molecule has 2 nitrogen and oxygen atoms in total. The molecular weight excluding hydrogens is 162 g/mol. The van der Waals surface area contributed by atoms with Crippen molar-refractivity contribution in [3.63, 3.8) is 0 Å². The first kappa shape index (κ1) is 8.32. The molecule has 0 aromatic heterocycles. The molecule has 1 aliphatic rings. The largest absolute Gasteiger partial charge is 0.371 e. The van der Waals surface area contributed by atoms with Crippen molar-refractivity contribution in [3.8, 4) is 0 Å². The van der Waals surface area contributed by atoms with E-state index in [1.54, 1.807) is 0 Å². The van der Waals surface area contributed by atoms with Crippen molar-refractivity contribution >= 4 is 5.69 Å². The van der Waals surface area contributed by atoms with Gasteiger partial charge in [-0.3, -0.25) is 0 Å². The van der Waals surface area contributed by atoms with E-state index >= 15 is 0 Å². The first-order valence-electron chi connectivity index (χ1n) is 4.30. The SMILES string of the molecule is [CH2]C1=C(Nc2ccccc2)COC1. The van der Waals surface area contributed by atoms with Crippen LogP contribution in [-0.2, 0) is 4.74 Å². The molecule has 0 amide bonds. The van der Waals surface area contributed by atoms with E-state index in [2.05, 4.69) is 12.2 Å². The molecule has 2 rings (SSSR count). The Morgan fingerprint density at radius 2 is 1.92 bits per heavy atom. The van der Waals surface area contributed by atoms with Gasteiger partial charge in [-0.15, -0.1) is 0 Å². The van der Waals surface area contributed by atoms with Crippen molar-refractivity contribution in [1.29, 1.82) is 0 Å². The van der Waals surface area contributed by atoms with E-state index in [0.29, 0.717) is 13.2 Å². The fraction of sp³-hybridized carbons (Fsp3) is 0.182. The Morgan fingerprint density at radius 3 is 2.54 bits per heavy atom. The Hall–Kier alpha value is -1.28. The van der Waals surface area contributed by atoms with Gasteiger partial charge >= 0.3 is 0 Å². The molecule has 0 bridgehead atoms. The second-order valence-electron chi connectivity index (χ2n) is 3.07. The summed E-state index contributed by atoms with van der Waals surface area (Å²) in [5.74, 6) is 0. The standard InChI is InChI=1S/C11H12NO/c1-9-7-13-8-11(9)12-10-5-3-2-4-6-10/h2-6,12H,1,7-8H2. The fourth-order valence-corrected chi connectivity index (χ4v) is 1.29. The molecule has 0 fully saturated rings. The molecule has 0 saturated heterocycles.